The van der Waals surface area contributed by atoms with Crippen molar-refractivity contribution in [3.63, 3.8) is 0 Å². The lowest BCUT2D eigenvalue weighted by Gasteiger charge is -2.11. The molecule has 0 heterocycles. The van der Waals surface area contributed by atoms with Crippen molar-refractivity contribution in [3.8, 4) is 17.6 Å². The van der Waals surface area contributed by atoms with Gasteiger partial charge in [0, 0.05) is 12.6 Å². The van der Waals surface area contributed by atoms with Crippen LogP contribution in [0.3, 0.4) is 0 Å². The highest BCUT2D eigenvalue weighted by atomic mass is 16.5. The van der Waals surface area contributed by atoms with Gasteiger partial charge in [-0.3, -0.25) is 4.79 Å². The van der Waals surface area contributed by atoms with Gasteiger partial charge in [0.1, 0.15) is 5.75 Å². The van der Waals surface area contributed by atoms with E-state index >= 15 is 0 Å². The van der Waals surface area contributed by atoms with E-state index in [1.165, 1.54) is 0 Å². The van der Waals surface area contributed by atoms with Crippen molar-refractivity contribution in [2.75, 3.05) is 25.5 Å². The minimum absolute atomic E-state index is 0.144. The molecular formula is C20H21N3O3. The highest BCUT2D eigenvalue weighted by molar-refractivity contribution is 5.96. The van der Waals surface area contributed by atoms with Crippen molar-refractivity contribution >= 4 is 17.6 Å². The molecule has 134 valence electrons. The van der Waals surface area contributed by atoms with Gasteiger partial charge >= 0.3 is 6.03 Å². The van der Waals surface area contributed by atoms with Gasteiger partial charge in [0.05, 0.1) is 24.4 Å². The van der Waals surface area contributed by atoms with Crippen LogP contribution < -0.4 is 20.7 Å². The number of hydrogen-bond donors (Lipinski definition) is 3. The fraction of sp³-hybridized carbons (Fsp3) is 0.200. The molecule has 0 aliphatic carbocycles. The number of para-hydroxylation sites is 2. The molecule has 0 spiro atoms. The third-order valence-corrected chi connectivity index (χ3v) is 3.39. The maximum absolute atomic E-state index is 12.0. The van der Waals surface area contributed by atoms with Crippen LogP contribution in [0.15, 0.2) is 48.5 Å². The van der Waals surface area contributed by atoms with Gasteiger partial charge in [-0.05, 0) is 31.2 Å². The Balaban J connectivity index is 1.94. The lowest BCUT2D eigenvalue weighted by Crippen LogP contribution is -2.29. The SMILES string of the molecule is CCOc1ccccc1NC(=O)NCC#Cc1ccccc1C(=O)NC. The van der Waals surface area contributed by atoms with Crippen molar-refractivity contribution < 1.29 is 14.3 Å². The van der Waals surface area contributed by atoms with Crippen molar-refractivity contribution in [1.29, 1.82) is 0 Å². The highest BCUT2D eigenvalue weighted by Gasteiger charge is 2.07. The Labute approximate surface area is 152 Å². The maximum atomic E-state index is 12.0. The van der Waals surface area contributed by atoms with E-state index in [0.717, 1.165) is 0 Å². The molecular weight excluding hydrogens is 330 g/mol. The van der Waals surface area contributed by atoms with Gasteiger partial charge in [0.15, 0.2) is 0 Å². The summed E-state index contributed by atoms with van der Waals surface area (Å²) < 4.78 is 5.46. The number of urea groups is 1. The molecule has 0 fully saturated rings. The monoisotopic (exact) mass is 351 g/mol. The Morgan fingerprint density at radius 2 is 1.81 bits per heavy atom. The normalized spacial score (nSPS) is 9.46. The zero-order valence-corrected chi connectivity index (χ0v) is 14.8. The first-order chi connectivity index (χ1) is 12.7. The molecule has 2 rings (SSSR count). The third-order valence-electron chi connectivity index (χ3n) is 3.39. The molecule has 3 N–H and O–H groups in total. The van der Waals surface area contributed by atoms with Crippen LogP contribution in [0.2, 0.25) is 0 Å². The summed E-state index contributed by atoms with van der Waals surface area (Å²) in [6.07, 6.45) is 0. The topological polar surface area (TPSA) is 79.5 Å². The fourth-order valence-corrected chi connectivity index (χ4v) is 2.21. The smallest absolute Gasteiger partial charge is 0.320 e. The van der Waals surface area contributed by atoms with Gasteiger partial charge in [-0.1, -0.05) is 36.1 Å². The van der Waals surface area contributed by atoms with E-state index in [-0.39, 0.29) is 18.5 Å². The van der Waals surface area contributed by atoms with Crippen LogP contribution in [-0.2, 0) is 0 Å². The second-order valence-corrected chi connectivity index (χ2v) is 5.16. The number of hydrogen-bond acceptors (Lipinski definition) is 3. The maximum Gasteiger partial charge on any atom is 0.320 e. The van der Waals surface area contributed by atoms with E-state index in [0.29, 0.717) is 29.2 Å². The molecule has 3 amide bonds. The average Bonchev–Trinajstić information content (AvgIpc) is 2.66. The van der Waals surface area contributed by atoms with Crippen LogP contribution in [0, 0.1) is 11.8 Å². The molecule has 6 heteroatoms. The molecule has 0 atom stereocenters. The molecule has 6 nitrogen and oxygen atoms in total. The zero-order valence-electron chi connectivity index (χ0n) is 14.8. The molecule has 0 aromatic heterocycles. The van der Waals surface area contributed by atoms with Crippen molar-refractivity contribution in [2.45, 2.75) is 6.92 Å². The Hall–Kier alpha value is -3.46. The zero-order chi connectivity index (χ0) is 18.8. The summed E-state index contributed by atoms with van der Waals surface area (Å²) in [5.74, 6) is 6.15. The number of amides is 3. The summed E-state index contributed by atoms with van der Waals surface area (Å²) in [4.78, 5) is 23.8. The molecule has 2 aromatic carbocycles. The van der Waals surface area contributed by atoms with Crippen LogP contribution >= 0.6 is 0 Å². The molecule has 0 radical (unpaired) electrons. The number of ether oxygens (including phenoxy) is 1. The van der Waals surface area contributed by atoms with Crippen molar-refractivity contribution in [1.82, 2.24) is 10.6 Å². The quantitative estimate of drug-likeness (QED) is 0.725. The summed E-state index contributed by atoms with van der Waals surface area (Å²) in [6.45, 7) is 2.53. The molecule has 0 saturated carbocycles. The Morgan fingerprint density at radius 3 is 2.58 bits per heavy atom. The molecule has 0 bridgehead atoms. The minimum atomic E-state index is -0.383. The first kappa shape index (κ1) is 18.9. The first-order valence-corrected chi connectivity index (χ1v) is 8.22. The fourth-order valence-electron chi connectivity index (χ4n) is 2.21. The van der Waals surface area contributed by atoms with Gasteiger partial charge in [0.25, 0.3) is 5.91 Å². The largest absolute Gasteiger partial charge is 0.492 e. The van der Waals surface area contributed by atoms with Gasteiger partial charge < -0.3 is 20.7 Å². The highest BCUT2D eigenvalue weighted by Crippen LogP contribution is 2.23. The summed E-state index contributed by atoms with van der Waals surface area (Å²) in [7, 11) is 1.57. The van der Waals surface area contributed by atoms with Crippen LogP contribution in [0.25, 0.3) is 0 Å². The Kier molecular flexibility index (Phi) is 7.07. The molecule has 26 heavy (non-hydrogen) atoms. The van der Waals surface area contributed by atoms with E-state index in [1.54, 1.807) is 43.4 Å². The molecule has 0 aliphatic heterocycles. The van der Waals surface area contributed by atoms with Crippen LogP contribution in [-0.4, -0.2) is 32.1 Å². The predicted octanol–water partition coefficient (Wildman–Crippen LogP) is 2.62. The van der Waals surface area contributed by atoms with E-state index in [2.05, 4.69) is 27.8 Å². The second-order valence-electron chi connectivity index (χ2n) is 5.16. The van der Waals surface area contributed by atoms with Gasteiger partial charge in [0.2, 0.25) is 0 Å². The molecule has 2 aromatic rings. The van der Waals surface area contributed by atoms with Gasteiger partial charge in [-0.25, -0.2) is 4.79 Å². The Bertz CT molecular complexity index is 837. The number of benzene rings is 2. The van der Waals surface area contributed by atoms with Crippen LogP contribution in [0.1, 0.15) is 22.8 Å². The van der Waals surface area contributed by atoms with Crippen LogP contribution in [0.4, 0.5) is 10.5 Å². The summed E-state index contributed by atoms with van der Waals surface area (Å²) in [6, 6.07) is 13.9. The minimum Gasteiger partial charge on any atom is -0.492 e. The van der Waals surface area contributed by atoms with Crippen LogP contribution in [0.5, 0.6) is 5.75 Å². The van der Waals surface area contributed by atoms with Crippen molar-refractivity contribution in [2.24, 2.45) is 0 Å². The summed E-state index contributed by atoms with van der Waals surface area (Å²) in [5, 5.41) is 7.95. The number of nitrogens with one attached hydrogen (secondary N) is 3. The van der Waals surface area contributed by atoms with Gasteiger partial charge in [-0.2, -0.15) is 0 Å². The molecule has 0 saturated heterocycles. The number of anilines is 1. The van der Waals surface area contributed by atoms with E-state index in [1.807, 2.05) is 19.1 Å². The van der Waals surface area contributed by atoms with E-state index in [4.69, 9.17) is 4.74 Å². The summed E-state index contributed by atoms with van der Waals surface area (Å²) >= 11 is 0. The predicted molar refractivity (Wildman–Crippen MR) is 101 cm³/mol. The van der Waals surface area contributed by atoms with Gasteiger partial charge in [-0.15, -0.1) is 0 Å². The number of rotatable bonds is 5. The Morgan fingerprint density at radius 1 is 1.08 bits per heavy atom. The lowest BCUT2D eigenvalue weighted by atomic mass is 10.1. The first-order valence-electron chi connectivity index (χ1n) is 8.22. The number of carbonyl (C=O) groups is 2. The lowest BCUT2D eigenvalue weighted by molar-refractivity contribution is 0.0963. The molecule has 0 unspecified atom stereocenters. The standard InChI is InChI=1S/C20H21N3O3/c1-3-26-18-13-7-6-12-17(18)23-20(25)22-14-8-10-15-9-4-5-11-16(15)19(24)21-2/h4-7,9,11-13H,3,14H2,1-2H3,(H,21,24)(H2,22,23,25). The average molecular weight is 351 g/mol. The third kappa shape index (κ3) is 5.28. The van der Waals surface area contributed by atoms with Crippen molar-refractivity contribution in [3.05, 3.63) is 59.7 Å². The summed E-state index contributed by atoms with van der Waals surface area (Å²) in [5.41, 5.74) is 1.69. The van der Waals surface area contributed by atoms with E-state index in [9.17, 15) is 9.59 Å². The van der Waals surface area contributed by atoms with E-state index < -0.39 is 0 Å². The second kappa shape index (κ2) is 9.74. The number of carbonyl (C=O) groups excluding carboxylic acids is 2. The molecule has 0 aliphatic rings.